The maximum atomic E-state index is 11.0. The van der Waals surface area contributed by atoms with Crippen LogP contribution in [0.5, 0.6) is 0 Å². The summed E-state index contributed by atoms with van der Waals surface area (Å²) in [5.74, 6) is 2.31. The van der Waals surface area contributed by atoms with Gasteiger partial charge in [-0.15, -0.1) is 0 Å². The number of benzene rings is 1. The lowest BCUT2D eigenvalue weighted by atomic mass is 9.93. The normalized spacial score (nSPS) is 17.5. The first-order valence-corrected chi connectivity index (χ1v) is 9.76. The van der Waals surface area contributed by atoms with Crippen molar-refractivity contribution in [3.63, 3.8) is 0 Å². The molecule has 1 aromatic carbocycles. The Morgan fingerprint density at radius 3 is 2.38 bits per heavy atom. The summed E-state index contributed by atoms with van der Waals surface area (Å²) in [4.78, 5) is 11.0. The number of ether oxygens (including phenoxy) is 1. The lowest BCUT2D eigenvalue weighted by molar-refractivity contribution is 0.0988. The van der Waals surface area contributed by atoms with Crippen LogP contribution in [0.4, 0.5) is 0 Å². The average Bonchev–Trinajstić information content (AvgIpc) is 3.40. The lowest BCUT2D eigenvalue weighted by Crippen LogP contribution is -2.01. The van der Waals surface area contributed by atoms with E-state index in [9.17, 15) is 4.79 Å². The predicted octanol–water partition coefficient (Wildman–Crippen LogP) is 5.88. The van der Waals surface area contributed by atoms with E-state index in [1.54, 1.807) is 0 Å². The van der Waals surface area contributed by atoms with Crippen LogP contribution in [0, 0.1) is 5.92 Å². The van der Waals surface area contributed by atoms with Gasteiger partial charge in [0.2, 0.25) is 0 Å². The Morgan fingerprint density at radius 2 is 1.81 bits per heavy atom. The van der Waals surface area contributed by atoms with Gasteiger partial charge in [-0.05, 0) is 50.8 Å². The zero-order valence-corrected chi connectivity index (χ0v) is 16.1. The predicted molar refractivity (Wildman–Crippen MR) is 107 cm³/mol. The zero-order chi connectivity index (χ0) is 18.6. The molecule has 1 saturated heterocycles. The number of rotatable bonds is 3. The molecule has 140 valence electrons. The van der Waals surface area contributed by atoms with Gasteiger partial charge in [0.05, 0.1) is 12.4 Å². The van der Waals surface area contributed by atoms with Gasteiger partial charge in [-0.1, -0.05) is 37.3 Å². The summed E-state index contributed by atoms with van der Waals surface area (Å²) in [5.41, 5.74) is 0.810. The van der Waals surface area contributed by atoms with E-state index in [0.717, 1.165) is 24.6 Å². The highest BCUT2D eigenvalue weighted by Crippen LogP contribution is 2.33. The summed E-state index contributed by atoms with van der Waals surface area (Å²) in [5, 5.41) is 0. The molecule has 0 bridgehead atoms. The number of carbonyl (C=O) groups excluding carboxylic acids is 1. The van der Waals surface area contributed by atoms with Crippen molar-refractivity contribution in [1.29, 1.82) is 0 Å². The van der Waals surface area contributed by atoms with Crippen molar-refractivity contribution >= 4 is 5.78 Å². The number of allylic oxidation sites excluding steroid dienone is 2. The Bertz CT molecular complexity index is 659. The van der Waals surface area contributed by atoms with Gasteiger partial charge in [0, 0.05) is 36.8 Å². The van der Waals surface area contributed by atoms with Gasteiger partial charge >= 0.3 is 0 Å². The molecule has 1 unspecified atom stereocenters. The first-order chi connectivity index (χ1) is 12.7. The molecule has 0 N–H and O–H groups in total. The van der Waals surface area contributed by atoms with Crippen molar-refractivity contribution in [1.82, 2.24) is 4.57 Å². The van der Waals surface area contributed by atoms with Crippen LogP contribution in [0.3, 0.4) is 0 Å². The number of aromatic nitrogens is 1. The lowest BCUT2D eigenvalue weighted by Gasteiger charge is -2.13. The third-order valence-corrected chi connectivity index (χ3v) is 4.69. The minimum absolute atomic E-state index is 0.209. The summed E-state index contributed by atoms with van der Waals surface area (Å²) in [7, 11) is 0. The highest BCUT2D eigenvalue weighted by Gasteiger charge is 2.23. The molecule has 2 heterocycles. The molecular weight excluding hydrogens is 322 g/mol. The van der Waals surface area contributed by atoms with Gasteiger partial charge in [0.25, 0.3) is 0 Å². The van der Waals surface area contributed by atoms with E-state index in [4.69, 9.17) is 4.74 Å². The van der Waals surface area contributed by atoms with E-state index in [1.165, 1.54) is 31.4 Å². The first-order valence-electron chi connectivity index (χ1n) is 9.76. The Balaban J connectivity index is 0.000000142. The number of carbonyl (C=O) groups is 1. The molecule has 2 aromatic rings. The number of fused-ring (bicyclic) bond motifs is 1. The second-order valence-corrected chi connectivity index (χ2v) is 6.53. The number of nitrogens with zero attached hydrogens (tertiary/aromatic N) is 1. The van der Waals surface area contributed by atoms with Gasteiger partial charge in [0.1, 0.15) is 0 Å². The molecule has 4 rings (SSSR count). The maximum Gasteiger partial charge on any atom is 0.162 e. The average molecular weight is 354 g/mol. The molecule has 1 atom stereocenters. The second kappa shape index (κ2) is 11.3. The smallest absolute Gasteiger partial charge is 0.162 e. The molecule has 26 heavy (non-hydrogen) atoms. The van der Waals surface area contributed by atoms with E-state index in [-0.39, 0.29) is 5.78 Å². The molecule has 0 amide bonds. The van der Waals surface area contributed by atoms with Gasteiger partial charge in [-0.3, -0.25) is 4.79 Å². The fourth-order valence-corrected chi connectivity index (χ4v) is 3.11. The van der Waals surface area contributed by atoms with Crippen molar-refractivity contribution in [3.8, 4) is 0 Å². The molecule has 3 nitrogen and oxygen atoms in total. The summed E-state index contributed by atoms with van der Waals surface area (Å²) < 4.78 is 7.54. The molecule has 1 aliphatic carbocycles. The summed E-state index contributed by atoms with van der Waals surface area (Å²) >= 11 is 0. The van der Waals surface area contributed by atoms with E-state index < -0.39 is 0 Å². The van der Waals surface area contributed by atoms with Crippen molar-refractivity contribution in [2.75, 3.05) is 6.61 Å². The van der Waals surface area contributed by atoms with Crippen molar-refractivity contribution in [2.24, 2.45) is 5.92 Å². The van der Waals surface area contributed by atoms with Crippen LogP contribution >= 0.6 is 0 Å². The zero-order valence-electron chi connectivity index (χ0n) is 16.1. The largest absolute Gasteiger partial charge is 0.498 e. The maximum absolute atomic E-state index is 11.0. The summed E-state index contributed by atoms with van der Waals surface area (Å²) in [6.45, 7) is 6.04. The summed E-state index contributed by atoms with van der Waals surface area (Å²) in [6, 6.07) is 13.4. The molecule has 1 fully saturated rings. The van der Waals surface area contributed by atoms with Crippen LogP contribution in [0.2, 0.25) is 0 Å². The molecule has 0 saturated carbocycles. The third kappa shape index (κ3) is 6.55. The molecule has 1 aromatic heterocycles. The van der Waals surface area contributed by atoms with E-state index in [0.29, 0.717) is 6.42 Å². The molecule has 3 heteroatoms. The quantitative estimate of drug-likeness (QED) is 0.645. The first kappa shape index (κ1) is 20.0. The minimum Gasteiger partial charge on any atom is -0.498 e. The van der Waals surface area contributed by atoms with Crippen molar-refractivity contribution in [2.45, 2.75) is 52.5 Å². The Labute approximate surface area is 157 Å². The van der Waals surface area contributed by atoms with Crippen LogP contribution in [0.1, 0.15) is 56.3 Å². The molecule has 2 aliphatic rings. The van der Waals surface area contributed by atoms with Gasteiger partial charge in [-0.2, -0.15) is 0 Å². The van der Waals surface area contributed by atoms with E-state index in [1.807, 2.05) is 49.4 Å². The van der Waals surface area contributed by atoms with Crippen LogP contribution in [0.25, 0.3) is 0 Å². The Morgan fingerprint density at radius 1 is 1.08 bits per heavy atom. The molecule has 0 spiro atoms. The van der Waals surface area contributed by atoms with E-state index >= 15 is 0 Å². The number of hydrogen-bond acceptors (Lipinski definition) is 2. The number of hydrogen-bond donors (Lipinski definition) is 0. The van der Waals surface area contributed by atoms with Gasteiger partial charge in [0.15, 0.2) is 5.78 Å². The number of Topliss-reactive ketones (excluding diaryl/α,β-unsaturated/α-hetero) is 1. The highest BCUT2D eigenvalue weighted by molar-refractivity contribution is 5.95. The van der Waals surface area contributed by atoms with Gasteiger partial charge in [-0.25, -0.2) is 0 Å². The topological polar surface area (TPSA) is 31.2 Å². The van der Waals surface area contributed by atoms with E-state index in [2.05, 4.69) is 30.0 Å². The Kier molecular flexibility index (Phi) is 8.74. The fraction of sp³-hybridized carbons (Fsp3) is 0.435. The van der Waals surface area contributed by atoms with Crippen molar-refractivity contribution in [3.05, 3.63) is 72.3 Å². The van der Waals surface area contributed by atoms with Gasteiger partial charge < -0.3 is 9.30 Å². The fourth-order valence-electron chi connectivity index (χ4n) is 3.11. The molecular formula is C23H31NO2. The third-order valence-electron chi connectivity index (χ3n) is 4.69. The second-order valence-electron chi connectivity index (χ2n) is 6.53. The standard InChI is InChI=1S/C9H10O.C8H12O.C6H9N/c1-2-9(10)8-6-4-3-5-7-8;1-2-4-8-7(3-1)5-6-9-8;1-2-7-5-3-4-6-7/h3-7H,2H2,1H3;4,7H,1-3,5-6H2;3-6H,2H2,1H3. The van der Waals surface area contributed by atoms with Crippen molar-refractivity contribution < 1.29 is 9.53 Å². The molecule has 0 radical (unpaired) electrons. The van der Waals surface area contributed by atoms with Crippen LogP contribution < -0.4 is 0 Å². The molecule has 1 aliphatic heterocycles. The van der Waals surface area contributed by atoms with Crippen LogP contribution in [0.15, 0.2) is 66.7 Å². The monoisotopic (exact) mass is 353 g/mol. The minimum atomic E-state index is 0.209. The van der Waals surface area contributed by atoms with Crippen LogP contribution in [-0.2, 0) is 11.3 Å². The van der Waals surface area contributed by atoms with Crippen LogP contribution in [-0.4, -0.2) is 17.0 Å². The Hall–Kier alpha value is -2.29. The number of aryl methyl sites for hydroxylation is 1. The summed E-state index contributed by atoms with van der Waals surface area (Å²) in [6.07, 6.45) is 12.2. The highest BCUT2D eigenvalue weighted by atomic mass is 16.5. The number of ketones is 1. The SMILES string of the molecule is C1=C2OCCC2CCC1.CCC(=O)c1ccccc1.CCn1cccc1.